The molecule has 1 heterocycles. The second kappa shape index (κ2) is 4.80. The van der Waals surface area contributed by atoms with Crippen molar-refractivity contribution in [2.24, 2.45) is 0 Å². The summed E-state index contributed by atoms with van der Waals surface area (Å²) in [6, 6.07) is 0.245. The minimum Gasteiger partial charge on any atom is -0.340 e. The fourth-order valence-corrected chi connectivity index (χ4v) is 3.34. The van der Waals surface area contributed by atoms with Crippen LogP contribution in [-0.2, 0) is 9.59 Å². The maximum absolute atomic E-state index is 12.9. The average Bonchev–Trinajstić information content (AvgIpc) is 2.90. The van der Waals surface area contributed by atoms with E-state index in [4.69, 9.17) is 0 Å². The van der Waals surface area contributed by atoms with E-state index in [2.05, 4.69) is 5.32 Å². The van der Waals surface area contributed by atoms with E-state index in [-0.39, 0.29) is 17.9 Å². The third-order valence-electron chi connectivity index (χ3n) is 5.19. The fraction of sp³-hybridized carbons (Fsp3) is 0.867. The van der Waals surface area contributed by atoms with Crippen LogP contribution in [0.25, 0.3) is 0 Å². The standard InChI is InChI=1S/C15H26N2O2/c1-5-14(3)13(19)17(11-9-7-8-10-11)15(4,6-2)12(18)16-14/h11H,5-10H2,1-4H3,(H,16,18). The molecular weight excluding hydrogens is 240 g/mol. The summed E-state index contributed by atoms with van der Waals surface area (Å²) in [5, 5.41) is 2.96. The molecule has 4 nitrogen and oxygen atoms in total. The predicted octanol–water partition coefficient (Wildman–Crippen LogP) is 2.22. The van der Waals surface area contributed by atoms with Crippen LogP contribution in [0.4, 0.5) is 0 Å². The Labute approximate surface area is 115 Å². The molecule has 0 spiro atoms. The molecule has 1 N–H and O–H groups in total. The second-order valence-electron chi connectivity index (χ2n) is 6.38. The van der Waals surface area contributed by atoms with E-state index < -0.39 is 11.1 Å². The van der Waals surface area contributed by atoms with Gasteiger partial charge in [-0.2, -0.15) is 0 Å². The topological polar surface area (TPSA) is 49.4 Å². The van der Waals surface area contributed by atoms with Crippen LogP contribution in [0.5, 0.6) is 0 Å². The normalized spacial score (nSPS) is 36.7. The number of hydrogen-bond donors (Lipinski definition) is 1. The molecule has 0 aromatic heterocycles. The van der Waals surface area contributed by atoms with Gasteiger partial charge in [-0.15, -0.1) is 0 Å². The highest BCUT2D eigenvalue weighted by Gasteiger charge is 2.55. The predicted molar refractivity (Wildman–Crippen MR) is 74.6 cm³/mol. The quantitative estimate of drug-likeness (QED) is 0.851. The number of carbonyl (C=O) groups excluding carboxylic acids is 2. The van der Waals surface area contributed by atoms with Crippen LogP contribution in [-0.4, -0.2) is 33.8 Å². The molecule has 2 amide bonds. The van der Waals surface area contributed by atoms with Crippen LogP contribution < -0.4 is 5.32 Å². The van der Waals surface area contributed by atoms with Crippen LogP contribution in [0.3, 0.4) is 0 Å². The van der Waals surface area contributed by atoms with Crippen LogP contribution in [0.15, 0.2) is 0 Å². The van der Waals surface area contributed by atoms with Gasteiger partial charge in [-0.3, -0.25) is 9.59 Å². The van der Waals surface area contributed by atoms with Gasteiger partial charge < -0.3 is 10.2 Å². The number of amides is 2. The fourth-order valence-electron chi connectivity index (χ4n) is 3.34. The molecule has 1 aliphatic heterocycles. The lowest BCUT2D eigenvalue weighted by Crippen LogP contribution is -2.75. The largest absolute Gasteiger partial charge is 0.340 e. The van der Waals surface area contributed by atoms with Gasteiger partial charge in [0.15, 0.2) is 0 Å². The van der Waals surface area contributed by atoms with E-state index in [0.29, 0.717) is 12.8 Å². The molecule has 0 aromatic rings. The first kappa shape index (κ1) is 14.4. The van der Waals surface area contributed by atoms with Gasteiger partial charge in [0, 0.05) is 6.04 Å². The first-order valence-corrected chi connectivity index (χ1v) is 7.55. The van der Waals surface area contributed by atoms with Gasteiger partial charge in [0.05, 0.1) is 0 Å². The summed E-state index contributed by atoms with van der Waals surface area (Å²) in [4.78, 5) is 27.3. The van der Waals surface area contributed by atoms with Gasteiger partial charge in [-0.1, -0.05) is 26.7 Å². The highest BCUT2D eigenvalue weighted by atomic mass is 16.2. The Bertz CT molecular complexity index is 390. The van der Waals surface area contributed by atoms with E-state index in [9.17, 15) is 9.59 Å². The molecule has 1 aliphatic carbocycles. The third-order valence-corrected chi connectivity index (χ3v) is 5.19. The second-order valence-corrected chi connectivity index (χ2v) is 6.38. The first-order chi connectivity index (χ1) is 8.89. The lowest BCUT2D eigenvalue weighted by atomic mass is 9.82. The van der Waals surface area contributed by atoms with E-state index >= 15 is 0 Å². The Morgan fingerprint density at radius 1 is 1.16 bits per heavy atom. The van der Waals surface area contributed by atoms with E-state index in [1.54, 1.807) is 0 Å². The molecule has 2 aliphatic rings. The molecular formula is C15H26N2O2. The molecule has 19 heavy (non-hydrogen) atoms. The number of rotatable bonds is 3. The maximum Gasteiger partial charge on any atom is 0.249 e. The highest BCUT2D eigenvalue weighted by Crippen LogP contribution is 2.37. The van der Waals surface area contributed by atoms with Crippen LogP contribution in [0, 0.1) is 0 Å². The van der Waals surface area contributed by atoms with Gasteiger partial charge >= 0.3 is 0 Å². The lowest BCUT2D eigenvalue weighted by molar-refractivity contribution is -0.165. The van der Waals surface area contributed by atoms with Gasteiger partial charge in [-0.05, 0) is 39.5 Å². The molecule has 108 valence electrons. The van der Waals surface area contributed by atoms with Crippen molar-refractivity contribution in [2.45, 2.75) is 83.3 Å². The Hall–Kier alpha value is -1.06. The van der Waals surface area contributed by atoms with Gasteiger partial charge in [-0.25, -0.2) is 0 Å². The zero-order valence-corrected chi connectivity index (χ0v) is 12.6. The molecule has 1 saturated heterocycles. The maximum atomic E-state index is 12.9. The summed E-state index contributed by atoms with van der Waals surface area (Å²) in [5.74, 6) is 0.108. The van der Waals surface area contributed by atoms with E-state index in [1.807, 2.05) is 32.6 Å². The number of piperazine rings is 1. The Morgan fingerprint density at radius 2 is 1.74 bits per heavy atom. The lowest BCUT2D eigenvalue weighted by Gasteiger charge is -2.52. The van der Waals surface area contributed by atoms with Crippen LogP contribution in [0.1, 0.15) is 66.2 Å². The molecule has 2 unspecified atom stereocenters. The summed E-state index contributed by atoms with van der Waals surface area (Å²) in [5.41, 5.74) is -1.41. The Balaban J connectivity index is 2.41. The molecule has 2 atom stereocenters. The third kappa shape index (κ3) is 2.05. The number of carbonyl (C=O) groups is 2. The monoisotopic (exact) mass is 266 g/mol. The molecule has 1 saturated carbocycles. The summed E-state index contributed by atoms with van der Waals surface area (Å²) in [6.45, 7) is 7.71. The molecule has 4 heteroatoms. The summed E-state index contributed by atoms with van der Waals surface area (Å²) in [7, 11) is 0. The average molecular weight is 266 g/mol. The Kier molecular flexibility index (Phi) is 3.63. The van der Waals surface area contributed by atoms with Crippen molar-refractivity contribution in [3.63, 3.8) is 0 Å². The van der Waals surface area contributed by atoms with Crippen molar-refractivity contribution >= 4 is 11.8 Å². The van der Waals surface area contributed by atoms with Crippen molar-refractivity contribution in [1.82, 2.24) is 10.2 Å². The Morgan fingerprint density at radius 3 is 2.21 bits per heavy atom. The minimum atomic E-state index is -0.728. The molecule has 0 radical (unpaired) electrons. The van der Waals surface area contributed by atoms with Crippen molar-refractivity contribution in [2.75, 3.05) is 0 Å². The van der Waals surface area contributed by atoms with E-state index in [0.717, 1.165) is 12.8 Å². The number of hydrogen-bond acceptors (Lipinski definition) is 2. The highest BCUT2D eigenvalue weighted by molar-refractivity contribution is 6.02. The summed E-state index contributed by atoms with van der Waals surface area (Å²) >= 11 is 0. The summed E-state index contributed by atoms with van der Waals surface area (Å²) < 4.78 is 0. The first-order valence-electron chi connectivity index (χ1n) is 7.55. The van der Waals surface area contributed by atoms with Gasteiger partial charge in [0.2, 0.25) is 11.8 Å². The van der Waals surface area contributed by atoms with Gasteiger partial charge in [0.1, 0.15) is 11.1 Å². The summed E-state index contributed by atoms with van der Waals surface area (Å²) in [6.07, 6.45) is 5.71. The molecule has 2 rings (SSSR count). The van der Waals surface area contributed by atoms with Crippen molar-refractivity contribution < 1.29 is 9.59 Å². The number of nitrogens with one attached hydrogen (secondary N) is 1. The molecule has 0 bridgehead atoms. The van der Waals surface area contributed by atoms with Gasteiger partial charge in [0.25, 0.3) is 0 Å². The van der Waals surface area contributed by atoms with Crippen molar-refractivity contribution in [3.8, 4) is 0 Å². The number of nitrogens with zero attached hydrogens (tertiary/aromatic N) is 1. The van der Waals surface area contributed by atoms with Crippen molar-refractivity contribution in [1.29, 1.82) is 0 Å². The molecule has 0 aromatic carbocycles. The molecule has 2 fully saturated rings. The van der Waals surface area contributed by atoms with Crippen LogP contribution in [0.2, 0.25) is 0 Å². The van der Waals surface area contributed by atoms with Crippen LogP contribution >= 0.6 is 0 Å². The zero-order chi connectivity index (χ0) is 14.3. The van der Waals surface area contributed by atoms with Crippen molar-refractivity contribution in [3.05, 3.63) is 0 Å². The zero-order valence-electron chi connectivity index (χ0n) is 12.6. The smallest absolute Gasteiger partial charge is 0.249 e. The SMILES string of the molecule is CCC1(C)NC(=O)C(C)(CC)N(C2CCCC2)C1=O. The minimum absolute atomic E-state index is 0.00542. The van der Waals surface area contributed by atoms with E-state index in [1.165, 1.54) is 12.8 Å².